The van der Waals surface area contributed by atoms with Crippen LogP contribution in [-0.4, -0.2) is 78.5 Å². The summed E-state index contributed by atoms with van der Waals surface area (Å²) < 4.78 is 23.9. The number of carbonyl (C=O) groups is 2. The SMILES string of the molecule is COc1ccc(C(OCC(C)(C)[C@@H](O)C(=O)NCCCNC(=O)CCCOc2cc(-c3ccccn3)nc(-c3ccccn3)c2)(c2ccccc2)c2ccc(OC)cc2)cc1. The minimum absolute atomic E-state index is 0.0201. The molecule has 3 N–H and O–H groups in total. The van der Waals surface area contributed by atoms with Gasteiger partial charge >= 0.3 is 0 Å². The van der Waals surface area contributed by atoms with Crippen LogP contribution in [0.25, 0.3) is 22.8 Å². The largest absolute Gasteiger partial charge is 0.497 e. The molecule has 0 aliphatic carbocycles. The lowest BCUT2D eigenvalue weighted by Gasteiger charge is -2.40. The van der Waals surface area contributed by atoms with Crippen LogP contribution in [-0.2, 0) is 19.9 Å². The Labute approximate surface area is 357 Å². The zero-order chi connectivity index (χ0) is 43.1. The van der Waals surface area contributed by atoms with E-state index in [-0.39, 0.29) is 25.5 Å². The van der Waals surface area contributed by atoms with Crippen LogP contribution in [0.15, 0.2) is 140 Å². The van der Waals surface area contributed by atoms with Crippen LogP contribution < -0.4 is 24.8 Å². The smallest absolute Gasteiger partial charge is 0.249 e. The molecule has 3 heterocycles. The maximum atomic E-state index is 13.3. The fourth-order valence-electron chi connectivity index (χ4n) is 6.82. The van der Waals surface area contributed by atoms with Crippen molar-refractivity contribution in [2.45, 2.75) is 44.8 Å². The van der Waals surface area contributed by atoms with Crippen LogP contribution in [0.4, 0.5) is 0 Å². The first-order chi connectivity index (χ1) is 29.6. The Hall–Kier alpha value is -6.63. The number of pyridine rings is 3. The lowest BCUT2D eigenvalue weighted by atomic mass is 9.79. The molecule has 0 aliphatic heterocycles. The molecule has 6 rings (SSSR count). The summed E-state index contributed by atoms with van der Waals surface area (Å²) in [5, 5.41) is 17.1. The number of hydrogen-bond acceptors (Lipinski definition) is 10. The van der Waals surface area contributed by atoms with Crippen molar-refractivity contribution in [3.8, 4) is 40.0 Å². The number of aliphatic hydroxyl groups is 1. The molecule has 0 bridgehead atoms. The van der Waals surface area contributed by atoms with E-state index >= 15 is 0 Å². The zero-order valence-electron chi connectivity index (χ0n) is 35.0. The quantitative estimate of drug-likeness (QED) is 0.0495. The summed E-state index contributed by atoms with van der Waals surface area (Å²) in [7, 11) is 3.24. The van der Waals surface area contributed by atoms with Gasteiger partial charge in [0, 0.05) is 49.5 Å². The number of hydrogen-bond donors (Lipinski definition) is 3. The van der Waals surface area contributed by atoms with Gasteiger partial charge in [0.2, 0.25) is 11.8 Å². The van der Waals surface area contributed by atoms with Crippen molar-refractivity contribution in [2.24, 2.45) is 5.41 Å². The molecule has 0 unspecified atom stereocenters. The monoisotopic (exact) mass is 823 g/mol. The number of nitrogens with one attached hydrogen (secondary N) is 2. The normalized spacial score (nSPS) is 12.0. The minimum atomic E-state index is -1.39. The van der Waals surface area contributed by atoms with Gasteiger partial charge in [0.05, 0.1) is 50.2 Å². The topological polar surface area (TPSA) is 154 Å². The molecule has 0 spiro atoms. The van der Waals surface area contributed by atoms with Gasteiger partial charge in [-0.3, -0.25) is 19.6 Å². The summed E-state index contributed by atoms with van der Waals surface area (Å²) in [4.78, 5) is 39.6. The van der Waals surface area contributed by atoms with Gasteiger partial charge < -0.3 is 34.7 Å². The molecule has 12 heteroatoms. The molecule has 12 nitrogen and oxygen atoms in total. The van der Waals surface area contributed by atoms with Gasteiger partial charge in [-0.05, 0) is 78.1 Å². The zero-order valence-corrected chi connectivity index (χ0v) is 35.0. The summed E-state index contributed by atoms with van der Waals surface area (Å²) in [6.07, 6.45) is 3.28. The molecule has 3 aromatic carbocycles. The maximum Gasteiger partial charge on any atom is 0.249 e. The van der Waals surface area contributed by atoms with Crippen molar-refractivity contribution in [1.29, 1.82) is 0 Å². The third-order valence-electron chi connectivity index (χ3n) is 10.3. The third-order valence-corrected chi connectivity index (χ3v) is 10.3. The van der Waals surface area contributed by atoms with E-state index in [1.54, 1.807) is 40.5 Å². The molecule has 61 heavy (non-hydrogen) atoms. The number of rotatable bonds is 21. The Morgan fingerprint density at radius 2 is 1.16 bits per heavy atom. The van der Waals surface area contributed by atoms with Crippen molar-refractivity contribution in [3.05, 3.63) is 156 Å². The minimum Gasteiger partial charge on any atom is -0.497 e. The summed E-state index contributed by atoms with van der Waals surface area (Å²) >= 11 is 0. The van der Waals surface area contributed by atoms with Gasteiger partial charge in [-0.1, -0.05) is 80.6 Å². The van der Waals surface area contributed by atoms with E-state index in [0.717, 1.165) is 16.7 Å². The van der Waals surface area contributed by atoms with Crippen LogP contribution in [0.3, 0.4) is 0 Å². The highest BCUT2D eigenvalue weighted by Gasteiger charge is 2.42. The van der Waals surface area contributed by atoms with Gasteiger partial charge in [0.1, 0.15) is 29.0 Å². The molecule has 3 aromatic heterocycles. The average Bonchev–Trinajstić information content (AvgIpc) is 3.31. The number of amides is 2. The lowest BCUT2D eigenvalue weighted by molar-refractivity contribution is -0.141. The van der Waals surface area contributed by atoms with Crippen LogP contribution in [0.1, 0.15) is 49.8 Å². The van der Waals surface area contributed by atoms with E-state index < -0.39 is 23.0 Å². The number of aliphatic hydroxyl groups excluding tert-OH is 1. The van der Waals surface area contributed by atoms with E-state index in [2.05, 4.69) is 20.6 Å². The Kier molecular flexibility index (Phi) is 15.2. The van der Waals surface area contributed by atoms with E-state index in [9.17, 15) is 14.7 Å². The Bertz CT molecular complexity index is 2190. The predicted molar refractivity (Wildman–Crippen MR) is 234 cm³/mol. The van der Waals surface area contributed by atoms with Gasteiger partial charge in [0.25, 0.3) is 0 Å². The van der Waals surface area contributed by atoms with Gasteiger partial charge in [0.15, 0.2) is 0 Å². The van der Waals surface area contributed by atoms with Gasteiger partial charge in [-0.25, -0.2) is 4.98 Å². The van der Waals surface area contributed by atoms with Crippen molar-refractivity contribution in [2.75, 3.05) is 40.5 Å². The highest BCUT2D eigenvalue weighted by atomic mass is 16.5. The highest BCUT2D eigenvalue weighted by molar-refractivity contribution is 5.81. The Morgan fingerprint density at radius 1 is 0.639 bits per heavy atom. The standard InChI is InChI=1S/C49H53N5O7/c1-48(2,34-61-49(35-14-6-5-7-15-35,36-19-23-38(58-3)24-20-36)37-21-25-39(59-4)26-22-37)46(56)47(57)53-30-13-29-52-45(55)18-12-31-60-40-32-43(41-16-8-10-27-50-41)54-44(33-40)42-17-9-11-28-51-42/h5-11,14-17,19-28,32-33,46,56H,12-13,18,29-31,34H2,1-4H3,(H,52,55)(H,53,57)/t46-/m0/s1. The lowest BCUT2D eigenvalue weighted by Crippen LogP contribution is -2.48. The summed E-state index contributed by atoms with van der Waals surface area (Å²) in [5.74, 6) is 1.36. The van der Waals surface area contributed by atoms with E-state index in [1.807, 2.05) is 127 Å². The summed E-state index contributed by atoms with van der Waals surface area (Å²) in [6, 6.07) is 40.1. The highest BCUT2D eigenvalue weighted by Crippen LogP contribution is 2.43. The third kappa shape index (κ3) is 11.4. The van der Waals surface area contributed by atoms with Crippen molar-refractivity contribution < 1.29 is 33.6 Å². The van der Waals surface area contributed by atoms with Crippen molar-refractivity contribution in [3.63, 3.8) is 0 Å². The Morgan fingerprint density at radius 3 is 1.69 bits per heavy atom. The summed E-state index contributed by atoms with van der Waals surface area (Å²) in [5.41, 5.74) is 3.18. The van der Waals surface area contributed by atoms with E-state index in [4.69, 9.17) is 23.9 Å². The van der Waals surface area contributed by atoms with E-state index in [0.29, 0.717) is 66.0 Å². The van der Waals surface area contributed by atoms with Crippen LogP contribution in [0.2, 0.25) is 0 Å². The fourth-order valence-corrected chi connectivity index (χ4v) is 6.82. The van der Waals surface area contributed by atoms with Crippen molar-refractivity contribution in [1.82, 2.24) is 25.6 Å². The second-order valence-corrected chi connectivity index (χ2v) is 15.1. The van der Waals surface area contributed by atoms with Crippen molar-refractivity contribution >= 4 is 11.8 Å². The van der Waals surface area contributed by atoms with Gasteiger partial charge in [-0.15, -0.1) is 0 Å². The molecule has 316 valence electrons. The number of carbonyl (C=O) groups excluding carboxylic acids is 2. The number of nitrogens with zero attached hydrogens (tertiary/aromatic N) is 3. The van der Waals surface area contributed by atoms with Gasteiger partial charge in [-0.2, -0.15) is 0 Å². The average molecular weight is 824 g/mol. The van der Waals surface area contributed by atoms with Crippen LogP contribution >= 0.6 is 0 Å². The second kappa shape index (κ2) is 21.1. The van der Waals surface area contributed by atoms with Crippen LogP contribution in [0, 0.1) is 5.41 Å². The predicted octanol–water partition coefficient (Wildman–Crippen LogP) is 7.40. The fraction of sp³-hybridized carbons (Fsp3) is 0.286. The Balaban J connectivity index is 0.992. The molecule has 0 saturated heterocycles. The maximum absolute atomic E-state index is 13.3. The first kappa shape index (κ1) is 43.9. The molecule has 2 amide bonds. The first-order valence-corrected chi connectivity index (χ1v) is 20.3. The number of ether oxygens (including phenoxy) is 4. The molecule has 1 atom stereocenters. The number of methoxy groups -OCH3 is 2. The molecule has 0 fully saturated rings. The molecular formula is C49H53N5O7. The molecule has 0 radical (unpaired) electrons. The molecule has 0 saturated carbocycles. The molecule has 0 aliphatic rings. The first-order valence-electron chi connectivity index (χ1n) is 20.3. The molecular weight excluding hydrogens is 771 g/mol. The summed E-state index contributed by atoms with van der Waals surface area (Å²) in [6.45, 7) is 4.56. The number of benzene rings is 3. The van der Waals surface area contributed by atoms with E-state index in [1.165, 1.54) is 0 Å². The molecule has 6 aromatic rings. The number of aromatic nitrogens is 3. The van der Waals surface area contributed by atoms with Crippen LogP contribution in [0.5, 0.6) is 17.2 Å². The second-order valence-electron chi connectivity index (χ2n) is 15.1.